The molecule has 1 fully saturated rings. The van der Waals surface area contributed by atoms with E-state index in [1.807, 2.05) is 30.6 Å². The van der Waals surface area contributed by atoms with Gasteiger partial charge in [-0.1, -0.05) is 56.1 Å². The molecule has 5 nitrogen and oxygen atoms in total. The molecule has 2 aromatic carbocycles. The van der Waals surface area contributed by atoms with Crippen molar-refractivity contribution in [3.05, 3.63) is 69.5 Å². The molecule has 0 atom stereocenters. The lowest BCUT2D eigenvalue weighted by Gasteiger charge is -2.36. The zero-order valence-electron chi connectivity index (χ0n) is 20.0. The fourth-order valence-corrected chi connectivity index (χ4v) is 4.21. The topological polar surface area (TPSA) is 43.9 Å². The summed E-state index contributed by atoms with van der Waals surface area (Å²) in [6.07, 6.45) is 0.445. The van der Waals surface area contributed by atoms with Crippen LogP contribution in [0.15, 0.2) is 42.5 Å². The second kappa shape index (κ2) is 11.5. The average Bonchev–Trinajstić information content (AvgIpc) is 2.78. The quantitative estimate of drug-likeness (QED) is 0.506. The zero-order valence-corrected chi connectivity index (χ0v) is 21.5. The lowest BCUT2D eigenvalue weighted by molar-refractivity contribution is -0.134. The van der Waals surface area contributed by atoms with Crippen LogP contribution in [0.5, 0.6) is 0 Å². The van der Waals surface area contributed by atoms with Crippen LogP contribution in [0, 0.1) is 11.2 Å². The summed E-state index contributed by atoms with van der Waals surface area (Å²) >= 11 is 12.0. The SMILES string of the molecule is CC(C)(C)CC(=O)N(CCN1CCN(C(=O)c2ccc(Cl)c(Cl)c2)CC1)Cc1ccc(F)cc1. The Morgan fingerprint density at radius 2 is 1.62 bits per heavy atom. The summed E-state index contributed by atoms with van der Waals surface area (Å²) in [5, 5.41) is 0.793. The molecule has 0 unspecified atom stereocenters. The molecule has 184 valence electrons. The second-order valence-corrected chi connectivity index (χ2v) is 10.8. The van der Waals surface area contributed by atoms with Gasteiger partial charge in [0.2, 0.25) is 5.91 Å². The van der Waals surface area contributed by atoms with E-state index in [2.05, 4.69) is 4.90 Å². The van der Waals surface area contributed by atoms with E-state index < -0.39 is 0 Å². The number of hydrogen-bond donors (Lipinski definition) is 0. The van der Waals surface area contributed by atoms with Gasteiger partial charge in [0.15, 0.2) is 0 Å². The van der Waals surface area contributed by atoms with E-state index in [0.29, 0.717) is 54.8 Å². The number of hydrogen-bond acceptors (Lipinski definition) is 3. The van der Waals surface area contributed by atoms with Crippen LogP contribution in [0.2, 0.25) is 10.0 Å². The Hall–Kier alpha value is -2.15. The van der Waals surface area contributed by atoms with Crippen molar-refractivity contribution in [2.75, 3.05) is 39.3 Å². The van der Waals surface area contributed by atoms with Crippen LogP contribution in [-0.2, 0) is 11.3 Å². The second-order valence-electron chi connectivity index (χ2n) is 9.94. The lowest BCUT2D eigenvalue weighted by Crippen LogP contribution is -2.50. The van der Waals surface area contributed by atoms with Crippen molar-refractivity contribution in [2.45, 2.75) is 33.7 Å². The van der Waals surface area contributed by atoms with Crippen molar-refractivity contribution in [1.82, 2.24) is 14.7 Å². The molecule has 1 aliphatic rings. The minimum Gasteiger partial charge on any atom is -0.337 e. The van der Waals surface area contributed by atoms with Gasteiger partial charge in [-0.05, 0) is 41.3 Å². The monoisotopic (exact) mass is 507 g/mol. The van der Waals surface area contributed by atoms with Gasteiger partial charge >= 0.3 is 0 Å². The molecule has 0 spiro atoms. The van der Waals surface area contributed by atoms with Crippen LogP contribution in [0.25, 0.3) is 0 Å². The average molecular weight is 508 g/mol. The number of amides is 2. The molecule has 0 bridgehead atoms. The highest BCUT2D eigenvalue weighted by atomic mass is 35.5. The smallest absolute Gasteiger partial charge is 0.253 e. The molecule has 2 amide bonds. The van der Waals surface area contributed by atoms with Gasteiger partial charge in [0.25, 0.3) is 5.91 Å². The fourth-order valence-electron chi connectivity index (χ4n) is 3.92. The first-order valence-electron chi connectivity index (χ1n) is 11.5. The molecule has 1 aliphatic heterocycles. The first-order valence-corrected chi connectivity index (χ1v) is 12.3. The first kappa shape index (κ1) is 26.5. The van der Waals surface area contributed by atoms with E-state index in [4.69, 9.17) is 23.2 Å². The van der Waals surface area contributed by atoms with Crippen LogP contribution in [-0.4, -0.2) is 65.8 Å². The summed E-state index contributed by atoms with van der Waals surface area (Å²) in [4.78, 5) is 31.8. The highest BCUT2D eigenvalue weighted by Crippen LogP contribution is 2.24. The van der Waals surface area contributed by atoms with Gasteiger partial charge in [-0.2, -0.15) is 0 Å². The highest BCUT2D eigenvalue weighted by Gasteiger charge is 2.25. The normalized spacial score (nSPS) is 14.8. The number of halogens is 3. The van der Waals surface area contributed by atoms with Crippen molar-refractivity contribution >= 4 is 35.0 Å². The molecule has 0 N–H and O–H groups in total. The standard InChI is InChI=1S/C26H32Cl2FN3O2/c1-26(2,3)17-24(33)32(18-19-4-7-21(29)8-5-19)15-12-30-10-13-31(14-11-30)25(34)20-6-9-22(27)23(28)16-20/h4-9,16H,10-15,17-18H2,1-3H3. The maximum absolute atomic E-state index is 13.3. The predicted molar refractivity (Wildman–Crippen MR) is 135 cm³/mol. The number of benzene rings is 2. The van der Waals surface area contributed by atoms with Gasteiger partial charge in [0, 0.05) is 57.8 Å². The van der Waals surface area contributed by atoms with Crippen molar-refractivity contribution in [1.29, 1.82) is 0 Å². The van der Waals surface area contributed by atoms with Crippen molar-refractivity contribution in [3.63, 3.8) is 0 Å². The van der Waals surface area contributed by atoms with E-state index in [9.17, 15) is 14.0 Å². The van der Waals surface area contributed by atoms with Crippen LogP contribution in [0.4, 0.5) is 4.39 Å². The molecule has 0 radical (unpaired) electrons. The molecular weight excluding hydrogens is 476 g/mol. The minimum atomic E-state index is -0.287. The van der Waals surface area contributed by atoms with Gasteiger partial charge < -0.3 is 9.80 Å². The lowest BCUT2D eigenvalue weighted by atomic mass is 9.91. The number of rotatable bonds is 7. The minimum absolute atomic E-state index is 0.0588. The maximum Gasteiger partial charge on any atom is 0.253 e. The van der Waals surface area contributed by atoms with Crippen molar-refractivity contribution in [3.8, 4) is 0 Å². The highest BCUT2D eigenvalue weighted by molar-refractivity contribution is 6.42. The number of carbonyl (C=O) groups excluding carboxylic acids is 2. The zero-order chi connectivity index (χ0) is 24.9. The van der Waals surface area contributed by atoms with E-state index >= 15 is 0 Å². The molecule has 3 rings (SSSR count). The summed E-state index contributed by atoms with van der Waals surface area (Å²) in [5.41, 5.74) is 1.32. The summed E-state index contributed by atoms with van der Waals surface area (Å²) in [6, 6.07) is 11.2. The van der Waals surface area contributed by atoms with E-state index in [-0.39, 0.29) is 23.0 Å². The Labute approximate surface area is 211 Å². The van der Waals surface area contributed by atoms with Gasteiger partial charge in [0.1, 0.15) is 5.82 Å². The molecule has 1 heterocycles. The third kappa shape index (κ3) is 7.69. The van der Waals surface area contributed by atoms with E-state index in [0.717, 1.165) is 18.7 Å². The van der Waals surface area contributed by atoms with Gasteiger partial charge in [-0.15, -0.1) is 0 Å². The molecule has 8 heteroatoms. The summed E-state index contributed by atoms with van der Waals surface area (Å²) in [6.45, 7) is 10.5. The van der Waals surface area contributed by atoms with Crippen molar-refractivity contribution in [2.24, 2.45) is 5.41 Å². The molecule has 34 heavy (non-hydrogen) atoms. The Morgan fingerprint density at radius 3 is 2.21 bits per heavy atom. The van der Waals surface area contributed by atoms with Gasteiger partial charge in [0.05, 0.1) is 10.0 Å². The first-order chi connectivity index (χ1) is 16.0. The van der Waals surface area contributed by atoms with Crippen LogP contribution in [0.1, 0.15) is 43.1 Å². The van der Waals surface area contributed by atoms with Crippen molar-refractivity contribution < 1.29 is 14.0 Å². The van der Waals surface area contributed by atoms with Crippen LogP contribution < -0.4 is 0 Å². The third-order valence-electron chi connectivity index (χ3n) is 5.83. The van der Waals surface area contributed by atoms with Crippen LogP contribution >= 0.6 is 23.2 Å². The van der Waals surface area contributed by atoms with Gasteiger partial charge in [-0.25, -0.2) is 4.39 Å². The number of carbonyl (C=O) groups is 2. The molecule has 0 aliphatic carbocycles. The third-order valence-corrected chi connectivity index (χ3v) is 6.57. The molecule has 1 saturated heterocycles. The van der Waals surface area contributed by atoms with Gasteiger partial charge in [-0.3, -0.25) is 14.5 Å². The van der Waals surface area contributed by atoms with E-state index in [1.165, 1.54) is 12.1 Å². The summed E-state index contributed by atoms with van der Waals surface area (Å²) < 4.78 is 13.3. The Bertz CT molecular complexity index is 1000. The largest absolute Gasteiger partial charge is 0.337 e. The molecular formula is C26H32Cl2FN3O2. The molecule has 0 aromatic heterocycles. The summed E-state index contributed by atoms with van der Waals surface area (Å²) in [7, 11) is 0. The Kier molecular flexibility index (Phi) is 8.96. The maximum atomic E-state index is 13.3. The Balaban J connectivity index is 1.56. The number of nitrogens with zero attached hydrogens (tertiary/aromatic N) is 3. The molecule has 0 saturated carbocycles. The van der Waals surface area contributed by atoms with Crippen LogP contribution in [0.3, 0.4) is 0 Å². The fraction of sp³-hybridized carbons (Fsp3) is 0.462. The predicted octanol–water partition coefficient (Wildman–Crippen LogP) is 5.36. The van der Waals surface area contributed by atoms with E-state index in [1.54, 1.807) is 30.3 Å². The number of piperazine rings is 1. The summed E-state index contributed by atoms with van der Waals surface area (Å²) in [5.74, 6) is -0.258. The Morgan fingerprint density at radius 1 is 0.971 bits per heavy atom. The molecule has 2 aromatic rings.